The third-order valence-electron chi connectivity index (χ3n) is 6.53. The second-order valence-corrected chi connectivity index (χ2v) is 10.5. The lowest BCUT2D eigenvalue weighted by Crippen LogP contribution is -2.56. The van der Waals surface area contributed by atoms with Crippen LogP contribution < -0.4 is 4.90 Å². The zero-order valence-electron chi connectivity index (χ0n) is 18.2. The van der Waals surface area contributed by atoms with E-state index in [4.69, 9.17) is 23.2 Å². The normalized spacial score (nSPS) is 22.8. The minimum Gasteiger partial charge on any atom is -0.306 e. The first-order valence-electron chi connectivity index (χ1n) is 10.8. The fraction of sp³-hybridized carbons (Fsp3) is 0.417. The topological polar surface area (TPSA) is 43.9 Å². The number of piperidine rings is 1. The highest BCUT2D eigenvalue weighted by molar-refractivity contribution is 9.10. The summed E-state index contributed by atoms with van der Waals surface area (Å²) in [5.41, 5.74) is 0.408. The van der Waals surface area contributed by atoms with Crippen LogP contribution in [0.5, 0.6) is 0 Å². The number of nitrogens with zero attached hydrogens (tertiary/aromatic N) is 3. The third kappa shape index (κ3) is 4.43. The van der Waals surface area contributed by atoms with Crippen molar-refractivity contribution >= 4 is 56.8 Å². The summed E-state index contributed by atoms with van der Waals surface area (Å²) in [5.74, 6) is -0.248. The average molecular weight is 539 g/mol. The Bertz CT molecular complexity index is 1000. The van der Waals surface area contributed by atoms with Crippen molar-refractivity contribution in [2.24, 2.45) is 0 Å². The van der Waals surface area contributed by atoms with Crippen molar-refractivity contribution in [3.8, 4) is 0 Å². The van der Waals surface area contributed by atoms with Crippen LogP contribution in [0, 0.1) is 0 Å². The molecule has 1 atom stereocenters. The Morgan fingerprint density at radius 3 is 2.19 bits per heavy atom. The van der Waals surface area contributed by atoms with E-state index >= 15 is 0 Å². The molecular formula is C24H26BrCl2N3O2. The van der Waals surface area contributed by atoms with Gasteiger partial charge in [-0.3, -0.25) is 4.79 Å². The first-order chi connectivity index (χ1) is 15.2. The number of anilines is 1. The van der Waals surface area contributed by atoms with Crippen LogP contribution in [0.3, 0.4) is 0 Å². The molecule has 170 valence electrons. The quantitative estimate of drug-likeness (QED) is 0.438. The van der Waals surface area contributed by atoms with Gasteiger partial charge in [0.05, 0.1) is 5.69 Å². The van der Waals surface area contributed by atoms with Crippen molar-refractivity contribution in [1.82, 2.24) is 9.80 Å². The molecule has 4 rings (SSSR count). The van der Waals surface area contributed by atoms with Crippen LogP contribution in [-0.4, -0.2) is 53.0 Å². The molecule has 2 aromatic rings. The van der Waals surface area contributed by atoms with E-state index < -0.39 is 5.54 Å². The predicted octanol–water partition coefficient (Wildman–Crippen LogP) is 6.01. The predicted molar refractivity (Wildman–Crippen MR) is 133 cm³/mol. The Morgan fingerprint density at radius 2 is 1.62 bits per heavy atom. The van der Waals surface area contributed by atoms with Crippen molar-refractivity contribution in [3.63, 3.8) is 0 Å². The van der Waals surface area contributed by atoms with Gasteiger partial charge in [0.15, 0.2) is 0 Å². The molecule has 0 bridgehead atoms. The number of urea groups is 1. The largest absolute Gasteiger partial charge is 0.332 e. The van der Waals surface area contributed by atoms with Crippen LogP contribution in [0.15, 0.2) is 46.9 Å². The van der Waals surface area contributed by atoms with Crippen LogP contribution in [0.2, 0.25) is 10.0 Å². The Balaban J connectivity index is 1.74. The molecule has 0 aliphatic carbocycles. The lowest BCUT2D eigenvalue weighted by molar-refractivity contribution is -0.125. The molecule has 5 nitrogen and oxygen atoms in total. The SMILES string of the molecule is CCN1CCC(N2C(=O)N(c3cc(Cl)cc(Cl)c3)C(=O)[C@@]2(C)Cc2ccc(Br)cc2)CC1. The van der Waals surface area contributed by atoms with Gasteiger partial charge in [-0.1, -0.05) is 58.2 Å². The summed E-state index contributed by atoms with van der Waals surface area (Å²) in [4.78, 5) is 33.1. The number of amides is 3. The minimum atomic E-state index is -1.00. The lowest BCUT2D eigenvalue weighted by atomic mass is 9.88. The van der Waals surface area contributed by atoms with E-state index in [0.29, 0.717) is 22.2 Å². The summed E-state index contributed by atoms with van der Waals surface area (Å²) < 4.78 is 0.971. The Kier molecular flexibility index (Phi) is 6.87. The monoisotopic (exact) mass is 537 g/mol. The summed E-state index contributed by atoms with van der Waals surface area (Å²) in [6.45, 7) is 6.84. The summed E-state index contributed by atoms with van der Waals surface area (Å²) >= 11 is 15.9. The standard InChI is InChI=1S/C24H26BrCl2N3O2/c1-3-28-10-8-20(9-11-28)30-23(32)29(21-13-18(26)12-19(27)14-21)22(31)24(30,2)15-16-4-6-17(25)7-5-16/h4-7,12-14,20H,3,8-11,15H2,1-2H3/t24-/m1/s1. The van der Waals surface area contributed by atoms with Crippen LogP contribution in [0.4, 0.5) is 10.5 Å². The van der Waals surface area contributed by atoms with Crippen LogP contribution in [0.25, 0.3) is 0 Å². The van der Waals surface area contributed by atoms with Gasteiger partial charge in [-0.15, -0.1) is 0 Å². The summed E-state index contributed by atoms with van der Waals surface area (Å²) in [7, 11) is 0. The van der Waals surface area contributed by atoms with Crippen molar-refractivity contribution < 1.29 is 9.59 Å². The second-order valence-electron chi connectivity index (χ2n) is 8.66. The number of carbonyl (C=O) groups is 2. The van der Waals surface area contributed by atoms with Crippen LogP contribution in [0.1, 0.15) is 32.3 Å². The van der Waals surface area contributed by atoms with Crippen molar-refractivity contribution in [2.45, 2.75) is 44.7 Å². The highest BCUT2D eigenvalue weighted by Crippen LogP contribution is 2.40. The molecule has 3 amide bonds. The number of likely N-dealkylation sites (tertiary alicyclic amines) is 1. The van der Waals surface area contributed by atoms with Gasteiger partial charge in [0.25, 0.3) is 5.91 Å². The number of hydrogen-bond acceptors (Lipinski definition) is 3. The van der Waals surface area contributed by atoms with Gasteiger partial charge in [-0.05, 0) is 62.2 Å². The van der Waals surface area contributed by atoms with Gasteiger partial charge in [-0.25, -0.2) is 9.69 Å². The minimum absolute atomic E-state index is 0.00523. The van der Waals surface area contributed by atoms with Crippen molar-refractivity contribution in [3.05, 3.63) is 62.5 Å². The van der Waals surface area contributed by atoms with Gasteiger partial charge in [0.1, 0.15) is 5.54 Å². The van der Waals surface area contributed by atoms with E-state index in [1.165, 1.54) is 4.90 Å². The van der Waals surface area contributed by atoms with E-state index in [0.717, 1.165) is 42.5 Å². The maximum Gasteiger partial charge on any atom is 0.332 e. The Morgan fingerprint density at radius 1 is 1.03 bits per heavy atom. The van der Waals surface area contributed by atoms with Crippen LogP contribution in [-0.2, 0) is 11.2 Å². The maximum atomic E-state index is 13.9. The molecule has 0 aromatic heterocycles. The summed E-state index contributed by atoms with van der Waals surface area (Å²) in [6, 6.07) is 12.4. The molecular weight excluding hydrogens is 513 g/mol. The molecule has 2 heterocycles. The molecule has 8 heteroatoms. The molecule has 0 saturated carbocycles. The number of carbonyl (C=O) groups excluding carboxylic acids is 2. The first-order valence-corrected chi connectivity index (χ1v) is 12.4. The van der Waals surface area contributed by atoms with E-state index in [-0.39, 0.29) is 18.0 Å². The number of rotatable bonds is 5. The third-order valence-corrected chi connectivity index (χ3v) is 7.49. The number of halogens is 3. The summed E-state index contributed by atoms with van der Waals surface area (Å²) in [5, 5.41) is 0.773. The van der Waals surface area contributed by atoms with Gasteiger partial charge in [0.2, 0.25) is 0 Å². The molecule has 0 N–H and O–H groups in total. The van der Waals surface area contributed by atoms with Gasteiger partial charge < -0.3 is 9.80 Å². The second kappa shape index (κ2) is 9.34. The molecule has 2 aromatic carbocycles. The molecule has 0 spiro atoms. The zero-order valence-corrected chi connectivity index (χ0v) is 21.3. The fourth-order valence-corrected chi connectivity index (χ4v) is 5.64. The molecule has 0 radical (unpaired) electrons. The summed E-state index contributed by atoms with van der Waals surface area (Å²) in [6.07, 6.45) is 2.11. The number of benzene rings is 2. The first kappa shape index (κ1) is 23.6. The highest BCUT2D eigenvalue weighted by Gasteiger charge is 2.57. The maximum absolute atomic E-state index is 13.9. The number of imide groups is 1. The molecule has 0 unspecified atom stereocenters. The molecule has 2 aliphatic heterocycles. The molecule has 2 aliphatic rings. The van der Waals surface area contributed by atoms with Crippen molar-refractivity contribution in [1.29, 1.82) is 0 Å². The average Bonchev–Trinajstić information content (AvgIpc) is 2.94. The number of hydrogen-bond donors (Lipinski definition) is 0. The van der Waals surface area contributed by atoms with E-state index in [2.05, 4.69) is 27.8 Å². The Hall–Kier alpha value is -1.60. The lowest BCUT2D eigenvalue weighted by Gasteiger charge is -2.42. The smallest absolute Gasteiger partial charge is 0.306 e. The molecule has 2 fully saturated rings. The molecule has 2 saturated heterocycles. The van der Waals surface area contributed by atoms with E-state index in [9.17, 15) is 9.59 Å². The van der Waals surface area contributed by atoms with Crippen LogP contribution >= 0.6 is 39.1 Å². The fourth-order valence-electron chi connectivity index (χ4n) is 4.86. The van der Waals surface area contributed by atoms with E-state index in [1.54, 1.807) is 18.2 Å². The van der Waals surface area contributed by atoms with Crippen molar-refractivity contribution in [2.75, 3.05) is 24.5 Å². The van der Waals surface area contributed by atoms with Gasteiger partial charge in [0, 0.05) is 40.1 Å². The van der Waals surface area contributed by atoms with Gasteiger partial charge in [-0.2, -0.15) is 0 Å². The zero-order chi connectivity index (χ0) is 23.0. The van der Waals surface area contributed by atoms with Gasteiger partial charge >= 0.3 is 6.03 Å². The van der Waals surface area contributed by atoms with E-state index in [1.807, 2.05) is 36.1 Å². The molecule has 32 heavy (non-hydrogen) atoms. The highest BCUT2D eigenvalue weighted by atomic mass is 79.9. The Labute approximate surface area is 207 Å².